The molecule has 1 fully saturated rings. The van der Waals surface area contributed by atoms with Crippen LogP contribution in [0.5, 0.6) is 0 Å². The summed E-state index contributed by atoms with van der Waals surface area (Å²) in [4.78, 5) is 25.5. The third-order valence-corrected chi connectivity index (χ3v) is 4.26. The van der Waals surface area contributed by atoms with E-state index in [0.29, 0.717) is 38.8 Å². The summed E-state index contributed by atoms with van der Waals surface area (Å²) in [5.41, 5.74) is -0.535. The van der Waals surface area contributed by atoms with E-state index >= 15 is 0 Å². The third-order valence-electron chi connectivity index (χ3n) is 4.26. The van der Waals surface area contributed by atoms with Gasteiger partial charge in [0.15, 0.2) is 5.78 Å². The lowest BCUT2D eigenvalue weighted by Gasteiger charge is -2.44. The lowest BCUT2D eigenvalue weighted by atomic mass is 9.81. The van der Waals surface area contributed by atoms with Gasteiger partial charge >= 0.3 is 5.97 Å². The average Bonchev–Trinajstić information content (AvgIpc) is 2.47. The fourth-order valence-corrected chi connectivity index (χ4v) is 3.06. The van der Waals surface area contributed by atoms with Gasteiger partial charge in [-0.1, -0.05) is 31.2 Å². The van der Waals surface area contributed by atoms with E-state index in [0.717, 1.165) is 0 Å². The Morgan fingerprint density at radius 2 is 2.00 bits per heavy atom. The molecule has 0 aromatic carbocycles. The molecule has 1 N–H and O–H groups in total. The van der Waals surface area contributed by atoms with Crippen LogP contribution in [0.15, 0.2) is 24.3 Å². The summed E-state index contributed by atoms with van der Waals surface area (Å²) in [5, 5.41) is 9.04. The number of nitrogens with zero attached hydrogens (tertiary/aromatic N) is 1. The molecule has 1 saturated heterocycles. The van der Waals surface area contributed by atoms with Crippen molar-refractivity contribution in [2.24, 2.45) is 5.92 Å². The molecule has 4 nitrogen and oxygen atoms in total. The quantitative estimate of drug-likeness (QED) is 0.843. The molecule has 0 radical (unpaired) electrons. The molecule has 0 spiro atoms. The highest BCUT2D eigenvalue weighted by molar-refractivity contribution is 5.91. The summed E-state index contributed by atoms with van der Waals surface area (Å²) in [5.74, 6) is -0.746. The van der Waals surface area contributed by atoms with E-state index in [1.807, 2.05) is 31.2 Å². The number of carbonyl (C=O) groups excluding carboxylic acids is 1. The summed E-state index contributed by atoms with van der Waals surface area (Å²) in [7, 11) is 0. The van der Waals surface area contributed by atoms with Crippen LogP contribution in [-0.2, 0) is 9.59 Å². The smallest absolute Gasteiger partial charge is 0.306 e. The predicted molar refractivity (Wildman–Crippen MR) is 72.9 cm³/mol. The molecule has 19 heavy (non-hydrogen) atoms. The van der Waals surface area contributed by atoms with E-state index in [4.69, 9.17) is 5.11 Å². The van der Waals surface area contributed by atoms with Crippen LogP contribution in [0, 0.1) is 5.92 Å². The molecule has 0 bridgehead atoms. The number of carboxylic acid groups (broad SMARTS) is 1. The Hall–Kier alpha value is -1.42. The molecular weight excluding hydrogens is 242 g/mol. The number of ketones is 1. The Bertz CT molecular complexity index is 419. The van der Waals surface area contributed by atoms with Crippen molar-refractivity contribution in [2.75, 3.05) is 13.1 Å². The van der Waals surface area contributed by atoms with Gasteiger partial charge in [-0.15, -0.1) is 0 Å². The number of aliphatic carboxylic acids is 1. The Morgan fingerprint density at radius 1 is 1.32 bits per heavy atom. The number of carboxylic acids is 1. The van der Waals surface area contributed by atoms with Crippen molar-refractivity contribution in [1.82, 2.24) is 4.90 Å². The van der Waals surface area contributed by atoms with Crippen LogP contribution in [0.4, 0.5) is 0 Å². The van der Waals surface area contributed by atoms with Gasteiger partial charge in [-0.2, -0.15) is 0 Å². The second-order valence-electron chi connectivity index (χ2n) is 5.29. The summed E-state index contributed by atoms with van der Waals surface area (Å²) in [6.45, 7) is 3.25. The molecule has 0 amide bonds. The Kier molecular flexibility index (Phi) is 4.20. The Balaban J connectivity index is 2.13. The fourth-order valence-electron chi connectivity index (χ4n) is 3.06. The van der Waals surface area contributed by atoms with Crippen LogP contribution in [0.3, 0.4) is 0 Å². The monoisotopic (exact) mass is 263 g/mol. The van der Waals surface area contributed by atoms with Gasteiger partial charge in [-0.25, -0.2) is 0 Å². The van der Waals surface area contributed by atoms with Gasteiger partial charge in [-0.05, 0) is 19.3 Å². The maximum Gasteiger partial charge on any atom is 0.306 e. The number of Topliss-reactive ketones (excluding diaryl/α,β-unsaturated/α-hetero) is 1. The molecule has 0 aromatic rings. The molecule has 1 unspecified atom stereocenters. The molecule has 1 aliphatic heterocycles. The number of hydrogen-bond acceptors (Lipinski definition) is 3. The highest BCUT2D eigenvalue weighted by Gasteiger charge is 2.42. The first-order chi connectivity index (χ1) is 9.10. The van der Waals surface area contributed by atoms with Crippen molar-refractivity contribution >= 4 is 11.8 Å². The van der Waals surface area contributed by atoms with Crippen molar-refractivity contribution in [2.45, 2.75) is 38.1 Å². The first-order valence-electron chi connectivity index (χ1n) is 6.95. The van der Waals surface area contributed by atoms with Gasteiger partial charge in [0.2, 0.25) is 0 Å². The SMILES string of the molecule is CCC(=O)C1(N2CCC(C(=O)O)CC2)C=CC=CC1. The summed E-state index contributed by atoms with van der Waals surface area (Å²) < 4.78 is 0. The van der Waals surface area contributed by atoms with Gasteiger partial charge in [0.25, 0.3) is 0 Å². The number of allylic oxidation sites excluding steroid dienone is 2. The molecule has 1 atom stereocenters. The van der Waals surface area contributed by atoms with Gasteiger partial charge in [0.05, 0.1) is 5.92 Å². The van der Waals surface area contributed by atoms with Crippen molar-refractivity contribution in [3.8, 4) is 0 Å². The molecule has 104 valence electrons. The first-order valence-corrected chi connectivity index (χ1v) is 6.95. The maximum atomic E-state index is 12.4. The van der Waals surface area contributed by atoms with Crippen LogP contribution in [-0.4, -0.2) is 40.4 Å². The molecule has 1 heterocycles. The van der Waals surface area contributed by atoms with E-state index in [2.05, 4.69) is 4.90 Å². The van der Waals surface area contributed by atoms with E-state index in [-0.39, 0.29) is 11.7 Å². The number of rotatable bonds is 4. The average molecular weight is 263 g/mol. The molecule has 1 aliphatic carbocycles. The van der Waals surface area contributed by atoms with E-state index < -0.39 is 11.5 Å². The van der Waals surface area contributed by atoms with Crippen molar-refractivity contribution < 1.29 is 14.7 Å². The standard InChI is InChI=1S/C15H21NO3/c1-2-13(17)15(8-4-3-5-9-15)16-10-6-12(7-11-16)14(18)19/h3-5,8,12H,2,6-7,9-11H2,1H3,(H,18,19). The zero-order valence-corrected chi connectivity index (χ0v) is 11.3. The zero-order valence-electron chi connectivity index (χ0n) is 11.3. The Morgan fingerprint density at radius 3 is 2.47 bits per heavy atom. The predicted octanol–water partition coefficient (Wildman–Crippen LogP) is 2.02. The Labute approximate surface area is 113 Å². The lowest BCUT2D eigenvalue weighted by molar-refractivity contribution is -0.144. The molecule has 2 aliphatic rings. The van der Waals surface area contributed by atoms with Crippen LogP contribution in [0.1, 0.15) is 32.6 Å². The highest BCUT2D eigenvalue weighted by Crippen LogP contribution is 2.32. The minimum absolute atomic E-state index is 0.224. The number of carbonyl (C=O) groups is 2. The van der Waals surface area contributed by atoms with Crippen LogP contribution < -0.4 is 0 Å². The molecule has 0 saturated carbocycles. The summed E-state index contributed by atoms with van der Waals surface area (Å²) in [6, 6.07) is 0. The maximum absolute atomic E-state index is 12.4. The second kappa shape index (κ2) is 5.70. The fraction of sp³-hybridized carbons (Fsp3) is 0.600. The van der Waals surface area contributed by atoms with Gasteiger partial charge in [0.1, 0.15) is 5.54 Å². The normalized spacial score (nSPS) is 28.5. The topological polar surface area (TPSA) is 57.6 Å². The van der Waals surface area contributed by atoms with E-state index in [1.165, 1.54) is 0 Å². The van der Waals surface area contributed by atoms with Crippen LogP contribution >= 0.6 is 0 Å². The summed E-state index contributed by atoms with van der Waals surface area (Å²) in [6.07, 6.45) is 10.4. The van der Waals surface area contributed by atoms with E-state index in [9.17, 15) is 9.59 Å². The molecular formula is C15H21NO3. The highest BCUT2D eigenvalue weighted by atomic mass is 16.4. The van der Waals surface area contributed by atoms with E-state index in [1.54, 1.807) is 0 Å². The van der Waals surface area contributed by atoms with Crippen molar-refractivity contribution in [3.05, 3.63) is 24.3 Å². The van der Waals surface area contributed by atoms with Gasteiger partial charge in [-0.3, -0.25) is 14.5 Å². The lowest BCUT2D eigenvalue weighted by Crippen LogP contribution is -2.56. The number of piperidine rings is 1. The van der Waals surface area contributed by atoms with Gasteiger partial charge < -0.3 is 5.11 Å². The second-order valence-corrected chi connectivity index (χ2v) is 5.29. The molecule has 4 heteroatoms. The number of hydrogen-bond donors (Lipinski definition) is 1. The first kappa shape index (κ1) is 14.0. The minimum Gasteiger partial charge on any atom is -0.481 e. The zero-order chi connectivity index (χ0) is 13.9. The van der Waals surface area contributed by atoms with Crippen LogP contribution in [0.2, 0.25) is 0 Å². The minimum atomic E-state index is -0.713. The largest absolute Gasteiger partial charge is 0.481 e. The summed E-state index contributed by atoms with van der Waals surface area (Å²) >= 11 is 0. The van der Waals surface area contributed by atoms with Crippen LogP contribution in [0.25, 0.3) is 0 Å². The number of likely N-dealkylation sites (tertiary alicyclic amines) is 1. The molecule has 0 aromatic heterocycles. The molecule has 2 rings (SSSR count). The van der Waals surface area contributed by atoms with Gasteiger partial charge in [0, 0.05) is 19.5 Å². The van der Waals surface area contributed by atoms with Crippen molar-refractivity contribution in [1.29, 1.82) is 0 Å². The third kappa shape index (κ3) is 2.63. The van der Waals surface area contributed by atoms with Crippen molar-refractivity contribution in [3.63, 3.8) is 0 Å².